The lowest BCUT2D eigenvalue weighted by Gasteiger charge is -2.11. The van der Waals surface area contributed by atoms with Gasteiger partial charge in [0, 0.05) is 17.1 Å². The van der Waals surface area contributed by atoms with Crippen molar-refractivity contribution in [2.45, 2.75) is 17.4 Å². The summed E-state index contributed by atoms with van der Waals surface area (Å²) in [5.41, 5.74) is -0.0366. The molecule has 1 fully saturated rings. The van der Waals surface area contributed by atoms with Crippen LogP contribution < -0.4 is 0 Å². The zero-order valence-corrected chi connectivity index (χ0v) is 13.0. The van der Waals surface area contributed by atoms with Gasteiger partial charge in [0.25, 0.3) is 9.05 Å². The van der Waals surface area contributed by atoms with E-state index in [0.717, 1.165) is 6.07 Å². The number of carbonyl (C=O) groups excluding carboxylic acids is 1. The van der Waals surface area contributed by atoms with E-state index in [1.54, 1.807) is 0 Å². The van der Waals surface area contributed by atoms with Crippen molar-refractivity contribution in [2.75, 3.05) is 13.2 Å². The normalized spacial score (nSPS) is 19.1. The lowest BCUT2D eigenvalue weighted by Crippen LogP contribution is -2.18. The van der Waals surface area contributed by atoms with E-state index in [4.69, 9.17) is 43.4 Å². The molecule has 0 radical (unpaired) electrons. The van der Waals surface area contributed by atoms with E-state index in [0.29, 0.717) is 19.6 Å². The molecule has 9 heteroatoms. The lowest BCUT2D eigenvalue weighted by atomic mass is 10.2. The summed E-state index contributed by atoms with van der Waals surface area (Å²) >= 11 is 11.6. The third kappa shape index (κ3) is 3.56. The van der Waals surface area contributed by atoms with Crippen LogP contribution in [-0.4, -0.2) is 33.7 Å². The molecule has 1 heterocycles. The van der Waals surface area contributed by atoms with Crippen LogP contribution >= 0.6 is 33.9 Å². The number of hydrogen-bond donors (Lipinski definition) is 0. The van der Waals surface area contributed by atoms with Crippen molar-refractivity contribution in [3.63, 3.8) is 0 Å². The second-order valence-electron chi connectivity index (χ2n) is 4.10. The van der Waals surface area contributed by atoms with E-state index in [2.05, 4.69) is 0 Å². The standard InChI is InChI=1S/C11H9Cl3O5S/c12-8-3-6(4-9(10(8)13)20(14,16)17)11(15)19-7-1-2-18-5-7/h3-4,7H,1-2,5H2. The van der Waals surface area contributed by atoms with Crippen LogP contribution in [0.4, 0.5) is 0 Å². The first kappa shape index (κ1) is 15.9. The molecular formula is C11H9Cl3O5S. The summed E-state index contributed by atoms with van der Waals surface area (Å²) in [5.74, 6) is -0.708. The maximum Gasteiger partial charge on any atom is 0.338 e. The average Bonchev–Trinajstić information content (AvgIpc) is 2.83. The number of hydrogen-bond acceptors (Lipinski definition) is 5. The molecule has 0 aromatic heterocycles. The Labute approximate surface area is 130 Å². The highest BCUT2D eigenvalue weighted by Crippen LogP contribution is 2.33. The molecule has 0 spiro atoms. The molecule has 1 aliphatic rings. The molecule has 2 rings (SSSR count). The molecule has 1 atom stereocenters. The Hall–Kier alpha value is -0.530. The van der Waals surface area contributed by atoms with Gasteiger partial charge in [-0.1, -0.05) is 23.2 Å². The number of carbonyl (C=O) groups is 1. The van der Waals surface area contributed by atoms with Crippen LogP contribution in [0, 0.1) is 0 Å². The maximum atomic E-state index is 11.9. The SMILES string of the molecule is O=C(OC1CCOC1)c1cc(Cl)c(Cl)c(S(=O)(=O)Cl)c1. The van der Waals surface area contributed by atoms with Crippen LogP contribution in [-0.2, 0) is 18.5 Å². The van der Waals surface area contributed by atoms with E-state index in [1.807, 2.05) is 0 Å². The third-order valence-corrected chi connectivity index (χ3v) is 4.91. The van der Waals surface area contributed by atoms with Crippen molar-refractivity contribution in [2.24, 2.45) is 0 Å². The predicted molar refractivity (Wildman–Crippen MR) is 74.1 cm³/mol. The maximum absolute atomic E-state index is 11.9. The molecule has 1 saturated heterocycles. The highest BCUT2D eigenvalue weighted by molar-refractivity contribution is 8.13. The van der Waals surface area contributed by atoms with E-state index in [-0.39, 0.29) is 21.7 Å². The average molecular weight is 360 g/mol. The minimum absolute atomic E-state index is 0.0366. The van der Waals surface area contributed by atoms with Crippen LogP contribution in [0.3, 0.4) is 0 Å². The summed E-state index contributed by atoms with van der Waals surface area (Å²) in [7, 11) is 1.12. The molecule has 5 nitrogen and oxygen atoms in total. The molecule has 1 unspecified atom stereocenters. The van der Waals surface area contributed by atoms with Crippen LogP contribution in [0.25, 0.3) is 0 Å². The molecule has 1 aliphatic heterocycles. The molecule has 0 aliphatic carbocycles. The first-order chi connectivity index (χ1) is 9.29. The minimum atomic E-state index is -4.12. The molecule has 1 aromatic rings. The Morgan fingerprint density at radius 2 is 2.05 bits per heavy atom. The molecule has 0 saturated carbocycles. The van der Waals surface area contributed by atoms with Gasteiger partial charge in [0.1, 0.15) is 11.0 Å². The molecule has 1 aromatic carbocycles. The monoisotopic (exact) mass is 358 g/mol. The minimum Gasteiger partial charge on any atom is -0.456 e. The second-order valence-corrected chi connectivity index (χ2v) is 7.42. The van der Waals surface area contributed by atoms with Gasteiger partial charge in [0.2, 0.25) is 0 Å². The molecule has 0 N–H and O–H groups in total. The van der Waals surface area contributed by atoms with Gasteiger partial charge in [0.05, 0.1) is 28.8 Å². The number of rotatable bonds is 3. The summed E-state index contributed by atoms with van der Waals surface area (Å²) in [4.78, 5) is 11.5. The van der Waals surface area contributed by atoms with E-state index < -0.39 is 19.9 Å². The van der Waals surface area contributed by atoms with Crippen molar-refractivity contribution in [1.29, 1.82) is 0 Å². The summed E-state index contributed by atoms with van der Waals surface area (Å²) in [6.07, 6.45) is 0.237. The Morgan fingerprint density at radius 1 is 1.35 bits per heavy atom. The molecule has 0 amide bonds. The van der Waals surface area contributed by atoms with Gasteiger partial charge >= 0.3 is 5.97 Å². The molecule has 20 heavy (non-hydrogen) atoms. The van der Waals surface area contributed by atoms with Gasteiger partial charge < -0.3 is 9.47 Å². The number of ether oxygens (including phenoxy) is 2. The number of esters is 1. The van der Waals surface area contributed by atoms with Crippen molar-refractivity contribution in [3.05, 3.63) is 27.7 Å². The quantitative estimate of drug-likeness (QED) is 0.613. The highest BCUT2D eigenvalue weighted by atomic mass is 35.7. The van der Waals surface area contributed by atoms with Crippen molar-refractivity contribution >= 4 is 48.9 Å². The van der Waals surface area contributed by atoms with Crippen LogP contribution in [0.15, 0.2) is 17.0 Å². The fraction of sp³-hybridized carbons (Fsp3) is 0.364. The Bertz CT molecular complexity index is 638. The lowest BCUT2D eigenvalue weighted by molar-refractivity contribution is 0.0270. The fourth-order valence-electron chi connectivity index (χ4n) is 1.68. The van der Waals surface area contributed by atoms with Crippen LogP contribution in [0.1, 0.15) is 16.8 Å². The summed E-state index contributed by atoms with van der Waals surface area (Å²) in [5, 5.41) is -0.328. The van der Waals surface area contributed by atoms with Crippen LogP contribution in [0.2, 0.25) is 10.0 Å². The van der Waals surface area contributed by atoms with E-state index >= 15 is 0 Å². The molecule has 0 bridgehead atoms. The summed E-state index contributed by atoms with van der Waals surface area (Å²) in [6, 6.07) is 2.27. The van der Waals surface area contributed by atoms with Crippen LogP contribution in [0.5, 0.6) is 0 Å². The third-order valence-electron chi connectivity index (χ3n) is 2.65. The van der Waals surface area contributed by atoms with Gasteiger partial charge in [-0.25, -0.2) is 13.2 Å². The summed E-state index contributed by atoms with van der Waals surface area (Å²) in [6.45, 7) is 0.828. The van der Waals surface area contributed by atoms with Crippen molar-refractivity contribution < 1.29 is 22.7 Å². The first-order valence-corrected chi connectivity index (χ1v) is 8.58. The van der Waals surface area contributed by atoms with Gasteiger partial charge in [0.15, 0.2) is 0 Å². The van der Waals surface area contributed by atoms with Crippen molar-refractivity contribution in [3.8, 4) is 0 Å². The highest BCUT2D eigenvalue weighted by Gasteiger charge is 2.24. The van der Waals surface area contributed by atoms with Gasteiger partial charge in [-0.15, -0.1) is 0 Å². The molecular weight excluding hydrogens is 351 g/mol. The van der Waals surface area contributed by atoms with Gasteiger partial charge in [-0.2, -0.15) is 0 Å². The van der Waals surface area contributed by atoms with E-state index in [9.17, 15) is 13.2 Å². The first-order valence-electron chi connectivity index (χ1n) is 5.51. The molecule has 110 valence electrons. The predicted octanol–water partition coefficient (Wildman–Crippen LogP) is 2.87. The zero-order valence-electron chi connectivity index (χ0n) is 9.94. The zero-order chi connectivity index (χ0) is 14.9. The smallest absolute Gasteiger partial charge is 0.338 e. The van der Waals surface area contributed by atoms with Gasteiger partial charge in [-0.05, 0) is 12.1 Å². The largest absolute Gasteiger partial charge is 0.456 e. The summed E-state index contributed by atoms with van der Waals surface area (Å²) < 4.78 is 33.0. The topological polar surface area (TPSA) is 69.7 Å². The Morgan fingerprint density at radius 3 is 2.60 bits per heavy atom. The Balaban J connectivity index is 2.32. The van der Waals surface area contributed by atoms with E-state index in [1.165, 1.54) is 6.07 Å². The number of halogens is 3. The Kier molecular flexibility index (Phi) is 4.81. The van der Waals surface area contributed by atoms with Gasteiger partial charge in [-0.3, -0.25) is 0 Å². The fourth-order valence-corrected chi connectivity index (χ4v) is 3.45. The number of benzene rings is 1. The van der Waals surface area contributed by atoms with Crippen molar-refractivity contribution in [1.82, 2.24) is 0 Å². The second kappa shape index (κ2) is 6.07.